The summed E-state index contributed by atoms with van der Waals surface area (Å²) in [6.45, 7) is 3.16. The molecule has 1 aromatic rings. The highest BCUT2D eigenvalue weighted by Gasteiger charge is 2.44. The first-order valence-corrected chi connectivity index (χ1v) is 9.34. The first kappa shape index (κ1) is 19.6. The zero-order valence-electron chi connectivity index (χ0n) is 15.6. The molecule has 0 radical (unpaired) electrons. The third kappa shape index (κ3) is 4.75. The van der Waals surface area contributed by atoms with Gasteiger partial charge in [-0.15, -0.1) is 0 Å². The van der Waals surface area contributed by atoms with Crippen LogP contribution in [0.4, 0.5) is 14.9 Å². The van der Waals surface area contributed by atoms with E-state index in [4.69, 9.17) is 4.74 Å². The summed E-state index contributed by atoms with van der Waals surface area (Å²) < 4.78 is 18.3. The van der Waals surface area contributed by atoms with E-state index in [-0.39, 0.29) is 23.8 Å². The third-order valence-electron chi connectivity index (χ3n) is 5.35. The van der Waals surface area contributed by atoms with Gasteiger partial charge in [0.05, 0.1) is 12.0 Å². The molecule has 8 heteroatoms. The highest BCUT2D eigenvalue weighted by atomic mass is 19.1. The molecule has 3 N–H and O–H groups in total. The van der Waals surface area contributed by atoms with Crippen LogP contribution in [-0.4, -0.2) is 62.8 Å². The Labute approximate surface area is 158 Å². The van der Waals surface area contributed by atoms with Crippen LogP contribution in [0.25, 0.3) is 0 Å². The highest BCUT2D eigenvalue weighted by Crippen LogP contribution is 2.32. The van der Waals surface area contributed by atoms with Crippen LogP contribution in [0, 0.1) is 11.2 Å². The van der Waals surface area contributed by atoms with Crippen molar-refractivity contribution in [3.05, 3.63) is 30.1 Å². The Kier molecular flexibility index (Phi) is 6.28. The fraction of sp³-hybridized carbons (Fsp3) is 0.579. The van der Waals surface area contributed by atoms with Gasteiger partial charge in [-0.3, -0.25) is 4.79 Å². The van der Waals surface area contributed by atoms with Crippen molar-refractivity contribution in [2.45, 2.75) is 25.3 Å². The van der Waals surface area contributed by atoms with Crippen LogP contribution in [-0.2, 0) is 9.53 Å². The minimum absolute atomic E-state index is 0.101. The van der Waals surface area contributed by atoms with Crippen molar-refractivity contribution < 1.29 is 18.7 Å². The standard InChI is InChI=1S/C19H27FN4O3/c1-27-13-19(7-9-21-10-8-19)17(25)24-11-6-16(12-24)23-18(26)22-15-4-2-14(20)3-5-15/h2-5,16,21H,6-13H2,1H3,(H2,22,23,26). The van der Waals surface area contributed by atoms with Crippen LogP contribution < -0.4 is 16.0 Å². The molecule has 0 aromatic heterocycles. The van der Waals surface area contributed by atoms with E-state index >= 15 is 0 Å². The van der Waals surface area contributed by atoms with E-state index < -0.39 is 5.41 Å². The van der Waals surface area contributed by atoms with Gasteiger partial charge in [0.25, 0.3) is 0 Å². The Morgan fingerprint density at radius 3 is 2.67 bits per heavy atom. The zero-order valence-corrected chi connectivity index (χ0v) is 15.6. The first-order valence-electron chi connectivity index (χ1n) is 9.34. The molecule has 1 atom stereocenters. The molecular formula is C19H27FN4O3. The van der Waals surface area contributed by atoms with Gasteiger partial charge < -0.3 is 25.6 Å². The van der Waals surface area contributed by atoms with Crippen molar-refractivity contribution in [2.75, 3.05) is 45.2 Å². The number of carbonyl (C=O) groups is 2. The molecule has 2 aliphatic heterocycles. The molecule has 7 nitrogen and oxygen atoms in total. The number of methoxy groups -OCH3 is 1. The average molecular weight is 378 g/mol. The van der Waals surface area contributed by atoms with Crippen molar-refractivity contribution in [3.63, 3.8) is 0 Å². The van der Waals surface area contributed by atoms with E-state index in [0.29, 0.717) is 31.8 Å². The van der Waals surface area contributed by atoms with E-state index in [2.05, 4.69) is 16.0 Å². The predicted octanol–water partition coefficient (Wildman–Crippen LogP) is 1.56. The summed E-state index contributed by atoms with van der Waals surface area (Å²) in [5, 5.41) is 8.87. The van der Waals surface area contributed by atoms with Gasteiger partial charge >= 0.3 is 6.03 Å². The fourth-order valence-electron chi connectivity index (χ4n) is 3.89. The largest absolute Gasteiger partial charge is 0.384 e. The number of urea groups is 1. The SMILES string of the molecule is COCC1(C(=O)N2CCC(NC(=O)Nc3ccc(F)cc3)C2)CCNCC1. The Balaban J connectivity index is 1.53. The number of ether oxygens (including phenoxy) is 1. The molecule has 2 saturated heterocycles. The number of carbonyl (C=O) groups excluding carboxylic acids is 2. The number of benzene rings is 1. The molecule has 0 bridgehead atoms. The molecule has 0 spiro atoms. The Hall–Kier alpha value is -2.19. The number of halogens is 1. The average Bonchev–Trinajstić information content (AvgIpc) is 3.12. The van der Waals surface area contributed by atoms with Gasteiger partial charge in [0.1, 0.15) is 5.82 Å². The minimum Gasteiger partial charge on any atom is -0.384 e. The van der Waals surface area contributed by atoms with Crippen LogP contribution in [0.15, 0.2) is 24.3 Å². The van der Waals surface area contributed by atoms with Gasteiger partial charge in [-0.1, -0.05) is 0 Å². The molecule has 2 fully saturated rings. The van der Waals surface area contributed by atoms with E-state index in [9.17, 15) is 14.0 Å². The lowest BCUT2D eigenvalue weighted by molar-refractivity contribution is -0.146. The van der Waals surface area contributed by atoms with Gasteiger partial charge in [0.15, 0.2) is 0 Å². The maximum Gasteiger partial charge on any atom is 0.319 e. The molecule has 1 aromatic carbocycles. The Morgan fingerprint density at radius 2 is 2.00 bits per heavy atom. The Bertz CT molecular complexity index is 656. The molecule has 3 amide bonds. The number of piperidine rings is 1. The quantitative estimate of drug-likeness (QED) is 0.726. The normalized spacial score (nSPS) is 21.7. The molecule has 2 aliphatic rings. The number of anilines is 1. The minimum atomic E-state index is -0.467. The van der Waals surface area contributed by atoms with Crippen LogP contribution in [0.5, 0.6) is 0 Å². The summed E-state index contributed by atoms with van der Waals surface area (Å²) in [6.07, 6.45) is 2.24. The number of likely N-dealkylation sites (tertiary alicyclic amines) is 1. The summed E-state index contributed by atoms with van der Waals surface area (Å²) >= 11 is 0. The lowest BCUT2D eigenvalue weighted by Gasteiger charge is -2.38. The van der Waals surface area contributed by atoms with Gasteiger partial charge in [-0.25, -0.2) is 9.18 Å². The number of nitrogens with zero attached hydrogens (tertiary/aromatic N) is 1. The van der Waals surface area contributed by atoms with Crippen molar-refractivity contribution in [1.82, 2.24) is 15.5 Å². The maximum absolute atomic E-state index is 13.1. The molecule has 27 heavy (non-hydrogen) atoms. The van der Waals surface area contributed by atoms with Crippen molar-refractivity contribution in [1.29, 1.82) is 0 Å². The number of rotatable bonds is 5. The number of nitrogens with one attached hydrogen (secondary N) is 3. The number of hydrogen-bond donors (Lipinski definition) is 3. The van der Waals surface area contributed by atoms with Gasteiger partial charge in [-0.05, 0) is 56.6 Å². The number of hydrogen-bond acceptors (Lipinski definition) is 4. The van der Waals surface area contributed by atoms with Gasteiger partial charge in [0.2, 0.25) is 5.91 Å². The Morgan fingerprint density at radius 1 is 1.30 bits per heavy atom. The van der Waals surface area contributed by atoms with Crippen LogP contribution in [0.3, 0.4) is 0 Å². The summed E-state index contributed by atoms with van der Waals surface area (Å²) in [7, 11) is 1.63. The van der Waals surface area contributed by atoms with E-state index in [1.54, 1.807) is 7.11 Å². The molecule has 148 valence electrons. The van der Waals surface area contributed by atoms with Crippen molar-refractivity contribution in [3.8, 4) is 0 Å². The monoisotopic (exact) mass is 378 g/mol. The van der Waals surface area contributed by atoms with Gasteiger partial charge in [-0.2, -0.15) is 0 Å². The molecule has 0 saturated carbocycles. The summed E-state index contributed by atoms with van der Waals surface area (Å²) in [6, 6.07) is 5.14. The van der Waals surface area contributed by atoms with E-state index in [0.717, 1.165) is 25.9 Å². The molecular weight excluding hydrogens is 351 g/mol. The van der Waals surface area contributed by atoms with E-state index in [1.807, 2.05) is 4.90 Å². The van der Waals surface area contributed by atoms with Crippen LogP contribution in [0.1, 0.15) is 19.3 Å². The fourth-order valence-corrected chi connectivity index (χ4v) is 3.89. The smallest absolute Gasteiger partial charge is 0.319 e. The van der Waals surface area contributed by atoms with Crippen LogP contribution in [0.2, 0.25) is 0 Å². The third-order valence-corrected chi connectivity index (χ3v) is 5.35. The summed E-state index contributed by atoms with van der Waals surface area (Å²) in [5.41, 5.74) is 0.0548. The maximum atomic E-state index is 13.1. The summed E-state index contributed by atoms with van der Waals surface area (Å²) in [4.78, 5) is 27.1. The van der Waals surface area contributed by atoms with Gasteiger partial charge in [0, 0.05) is 31.9 Å². The first-order chi connectivity index (χ1) is 13.0. The second-order valence-corrected chi connectivity index (χ2v) is 7.31. The second kappa shape index (κ2) is 8.67. The summed E-state index contributed by atoms with van der Waals surface area (Å²) in [5.74, 6) is -0.233. The second-order valence-electron chi connectivity index (χ2n) is 7.31. The molecule has 1 unspecified atom stereocenters. The highest BCUT2D eigenvalue weighted by molar-refractivity contribution is 5.89. The lowest BCUT2D eigenvalue weighted by Crippen LogP contribution is -2.51. The molecule has 2 heterocycles. The predicted molar refractivity (Wildman–Crippen MR) is 100.0 cm³/mol. The lowest BCUT2D eigenvalue weighted by atomic mass is 9.78. The topological polar surface area (TPSA) is 82.7 Å². The molecule has 3 rings (SSSR count). The zero-order chi connectivity index (χ0) is 19.3. The number of amides is 3. The van der Waals surface area contributed by atoms with Crippen LogP contribution >= 0.6 is 0 Å². The van der Waals surface area contributed by atoms with Crippen molar-refractivity contribution in [2.24, 2.45) is 5.41 Å². The van der Waals surface area contributed by atoms with E-state index in [1.165, 1.54) is 24.3 Å². The molecule has 0 aliphatic carbocycles. The van der Waals surface area contributed by atoms with Crippen molar-refractivity contribution >= 4 is 17.6 Å².